The molecular formula is C14H10BrNO. The number of rotatable bonds is 1. The lowest BCUT2D eigenvalue weighted by atomic mass is 10.2. The van der Waals surface area contributed by atoms with E-state index in [9.17, 15) is 0 Å². The van der Waals surface area contributed by atoms with Gasteiger partial charge in [0.1, 0.15) is 11.4 Å². The Morgan fingerprint density at radius 2 is 1.88 bits per heavy atom. The first kappa shape index (κ1) is 11.7. The molecule has 17 heavy (non-hydrogen) atoms. The number of aromatic nitrogens is 1. The predicted molar refractivity (Wildman–Crippen MR) is 70.9 cm³/mol. The predicted octanol–water partition coefficient (Wildman–Crippen LogP) is 3.25. The van der Waals surface area contributed by atoms with Crippen molar-refractivity contribution in [1.29, 1.82) is 0 Å². The Kier molecular flexibility index (Phi) is 3.79. The molecule has 0 saturated carbocycles. The number of benzene rings is 1. The first-order valence-corrected chi connectivity index (χ1v) is 5.85. The second kappa shape index (κ2) is 5.51. The number of halogens is 1. The molecule has 1 aromatic heterocycles. The molecule has 0 unspecified atom stereocenters. The molecule has 0 aliphatic rings. The Morgan fingerprint density at radius 1 is 1.12 bits per heavy atom. The monoisotopic (exact) mass is 287 g/mol. The number of nitrogens with zero attached hydrogens (tertiary/aromatic N) is 1. The Hall–Kier alpha value is -1.79. The van der Waals surface area contributed by atoms with E-state index in [1.807, 2.05) is 36.4 Å². The van der Waals surface area contributed by atoms with Gasteiger partial charge >= 0.3 is 0 Å². The van der Waals surface area contributed by atoms with Gasteiger partial charge in [0.25, 0.3) is 0 Å². The number of ether oxygens (including phenoxy) is 1. The van der Waals surface area contributed by atoms with Gasteiger partial charge in [-0.1, -0.05) is 5.92 Å². The van der Waals surface area contributed by atoms with Gasteiger partial charge in [-0.05, 0) is 58.2 Å². The van der Waals surface area contributed by atoms with Crippen LogP contribution >= 0.6 is 15.9 Å². The van der Waals surface area contributed by atoms with Gasteiger partial charge in [0.2, 0.25) is 0 Å². The molecule has 1 aromatic carbocycles. The number of methoxy groups -OCH3 is 1. The minimum absolute atomic E-state index is 0.739. The van der Waals surface area contributed by atoms with Gasteiger partial charge in [0.05, 0.1) is 11.6 Å². The van der Waals surface area contributed by atoms with Crippen LogP contribution < -0.4 is 4.74 Å². The topological polar surface area (TPSA) is 22.1 Å². The summed E-state index contributed by atoms with van der Waals surface area (Å²) in [6, 6.07) is 11.4. The van der Waals surface area contributed by atoms with Crippen LogP contribution in [0.4, 0.5) is 0 Å². The maximum Gasteiger partial charge on any atom is 0.127 e. The molecule has 2 rings (SSSR count). The maximum atomic E-state index is 5.08. The van der Waals surface area contributed by atoms with E-state index in [1.54, 1.807) is 13.3 Å². The number of hydrogen-bond donors (Lipinski definition) is 0. The molecule has 0 amide bonds. The summed E-state index contributed by atoms with van der Waals surface area (Å²) < 4.78 is 5.99. The standard InChI is InChI=1S/C14H10BrNO/c1-17-12-7-4-11(5-8-12)6-9-14-13(15)3-2-10-16-14/h2-5,7-8,10H,1H3. The fourth-order valence-electron chi connectivity index (χ4n) is 1.28. The summed E-state index contributed by atoms with van der Waals surface area (Å²) in [7, 11) is 1.64. The summed E-state index contributed by atoms with van der Waals surface area (Å²) in [5.74, 6) is 6.90. The molecule has 0 saturated heterocycles. The summed E-state index contributed by atoms with van der Waals surface area (Å²) in [6.07, 6.45) is 1.72. The molecule has 84 valence electrons. The molecule has 0 radical (unpaired) electrons. The third kappa shape index (κ3) is 3.08. The first-order chi connectivity index (χ1) is 8.29. The maximum absolute atomic E-state index is 5.08. The van der Waals surface area contributed by atoms with Crippen molar-refractivity contribution in [1.82, 2.24) is 4.98 Å². The lowest BCUT2D eigenvalue weighted by molar-refractivity contribution is 0.415. The normalized spacial score (nSPS) is 9.29. The zero-order valence-electron chi connectivity index (χ0n) is 9.27. The molecule has 0 fully saturated rings. The van der Waals surface area contributed by atoms with Gasteiger partial charge in [0, 0.05) is 11.8 Å². The Labute approximate surface area is 109 Å². The molecule has 0 aliphatic heterocycles. The average Bonchev–Trinajstić information content (AvgIpc) is 2.38. The number of pyridine rings is 1. The summed E-state index contributed by atoms with van der Waals surface area (Å²) in [6.45, 7) is 0. The highest BCUT2D eigenvalue weighted by atomic mass is 79.9. The molecule has 0 bridgehead atoms. The van der Waals surface area contributed by atoms with Gasteiger partial charge in [-0.3, -0.25) is 0 Å². The molecule has 2 nitrogen and oxygen atoms in total. The van der Waals surface area contributed by atoms with Crippen molar-refractivity contribution in [2.75, 3.05) is 7.11 Å². The van der Waals surface area contributed by atoms with Gasteiger partial charge < -0.3 is 4.74 Å². The van der Waals surface area contributed by atoms with E-state index in [0.717, 1.165) is 21.5 Å². The average molecular weight is 288 g/mol. The van der Waals surface area contributed by atoms with Crippen LogP contribution in [0.5, 0.6) is 5.75 Å². The lowest BCUT2D eigenvalue weighted by Gasteiger charge is -1.97. The molecule has 0 N–H and O–H groups in total. The van der Waals surface area contributed by atoms with Crippen molar-refractivity contribution in [3.8, 4) is 17.6 Å². The van der Waals surface area contributed by atoms with E-state index >= 15 is 0 Å². The minimum Gasteiger partial charge on any atom is -0.497 e. The molecular weight excluding hydrogens is 278 g/mol. The third-order valence-corrected chi connectivity index (χ3v) is 2.81. The summed E-state index contributed by atoms with van der Waals surface area (Å²) in [5.41, 5.74) is 1.67. The van der Waals surface area contributed by atoms with Crippen molar-refractivity contribution >= 4 is 15.9 Å². The molecule has 3 heteroatoms. The Morgan fingerprint density at radius 3 is 2.53 bits per heavy atom. The summed E-state index contributed by atoms with van der Waals surface area (Å²) >= 11 is 3.41. The molecule has 0 atom stereocenters. The third-order valence-electron chi connectivity index (χ3n) is 2.17. The Bertz CT molecular complexity index is 567. The molecule has 1 heterocycles. The minimum atomic E-state index is 0.739. The van der Waals surface area contributed by atoms with E-state index in [-0.39, 0.29) is 0 Å². The van der Waals surface area contributed by atoms with E-state index < -0.39 is 0 Å². The Balaban J connectivity index is 2.24. The van der Waals surface area contributed by atoms with Crippen LogP contribution in [-0.4, -0.2) is 12.1 Å². The highest BCUT2D eigenvalue weighted by molar-refractivity contribution is 9.10. The highest BCUT2D eigenvalue weighted by Gasteiger charge is 1.94. The van der Waals surface area contributed by atoms with Gasteiger partial charge in [-0.2, -0.15) is 0 Å². The molecule has 0 aliphatic carbocycles. The lowest BCUT2D eigenvalue weighted by Crippen LogP contribution is -1.84. The van der Waals surface area contributed by atoms with Crippen molar-refractivity contribution < 1.29 is 4.74 Å². The smallest absolute Gasteiger partial charge is 0.127 e. The zero-order valence-corrected chi connectivity index (χ0v) is 10.9. The van der Waals surface area contributed by atoms with Crippen molar-refractivity contribution in [2.45, 2.75) is 0 Å². The van der Waals surface area contributed by atoms with Crippen LogP contribution in [0.15, 0.2) is 47.1 Å². The van der Waals surface area contributed by atoms with Crippen LogP contribution in [0.2, 0.25) is 0 Å². The van der Waals surface area contributed by atoms with E-state index in [2.05, 4.69) is 32.8 Å². The van der Waals surface area contributed by atoms with Crippen molar-refractivity contribution in [2.24, 2.45) is 0 Å². The van der Waals surface area contributed by atoms with E-state index in [1.165, 1.54) is 0 Å². The van der Waals surface area contributed by atoms with Crippen LogP contribution in [0, 0.1) is 11.8 Å². The van der Waals surface area contributed by atoms with Crippen molar-refractivity contribution in [3.63, 3.8) is 0 Å². The zero-order chi connectivity index (χ0) is 12.1. The first-order valence-electron chi connectivity index (χ1n) is 5.06. The van der Waals surface area contributed by atoms with E-state index in [0.29, 0.717) is 0 Å². The van der Waals surface area contributed by atoms with Crippen LogP contribution in [0.25, 0.3) is 0 Å². The summed E-state index contributed by atoms with van der Waals surface area (Å²) in [5, 5.41) is 0. The molecule has 2 aromatic rings. The fourth-order valence-corrected chi connectivity index (χ4v) is 1.64. The van der Waals surface area contributed by atoms with E-state index in [4.69, 9.17) is 4.74 Å². The molecule has 0 spiro atoms. The second-order valence-corrected chi connectivity index (χ2v) is 4.17. The second-order valence-electron chi connectivity index (χ2n) is 3.31. The fraction of sp³-hybridized carbons (Fsp3) is 0.0714. The van der Waals surface area contributed by atoms with Crippen LogP contribution in [0.1, 0.15) is 11.3 Å². The van der Waals surface area contributed by atoms with Crippen LogP contribution in [0.3, 0.4) is 0 Å². The van der Waals surface area contributed by atoms with Crippen LogP contribution in [-0.2, 0) is 0 Å². The van der Waals surface area contributed by atoms with Crippen molar-refractivity contribution in [3.05, 3.63) is 58.3 Å². The quantitative estimate of drug-likeness (QED) is 0.751. The van der Waals surface area contributed by atoms with Gasteiger partial charge in [0.15, 0.2) is 0 Å². The van der Waals surface area contributed by atoms with Gasteiger partial charge in [-0.25, -0.2) is 4.98 Å². The SMILES string of the molecule is COc1ccc(C#Cc2ncccc2Br)cc1. The largest absolute Gasteiger partial charge is 0.497 e. The highest BCUT2D eigenvalue weighted by Crippen LogP contribution is 2.13. The number of hydrogen-bond acceptors (Lipinski definition) is 2. The van der Waals surface area contributed by atoms with Gasteiger partial charge in [-0.15, -0.1) is 0 Å². The summed E-state index contributed by atoms with van der Waals surface area (Å²) in [4.78, 5) is 4.18.